The van der Waals surface area contributed by atoms with Crippen LogP contribution in [-0.2, 0) is 35.1 Å². The van der Waals surface area contributed by atoms with Crippen LogP contribution in [-0.4, -0.2) is 43.8 Å². The number of rotatable bonds is 10. The largest absolute Gasteiger partial charge is 0.468 e. The Balaban J connectivity index is 3.00. The number of esters is 3. The highest BCUT2D eigenvalue weighted by atomic mass is 16.6. The summed E-state index contributed by atoms with van der Waals surface area (Å²) >= 11 is 0. The summed E-state index contributed by atoms with van der Waals surface area (Å²) in [5.74, 6) is -3.35. The maximum absolute atomic E-state index is 12.2. The molecule has 0 spiro atoms. The smallest absolute Gasteiger partial charge is 0.324 e. The predicted octanol–water partition coefficient (Wildman–Crippen LogP) is 1.04. The lowest BCUT2D eigenvalue weighted by atomic mass is 9.99. The molecule has 0 saturated carbocycles. The third-order valence-corrected chi connectivity index (χ3v) is 3.03. The topological polar surface area (TPSA) is 104 Å². The van der Waals surface area contributed by atoms with Gasteiger partial charge in [-0.15, -0.1) is 0 Å². The van der Waals surface area contributed by atoms with Crippen molar-refractivity contribution in [3.8, 4) is 0 Å². The van der Waals surface area contributed by atoms with Gasteiger partial charge in [0.05, 0.1) is 32.6 Å². The zero-order valence-corrected chi connectivity index (χ0v) is 14.1. The van der Waals surface area contributed by atoms with Crippen LogP contribution >= 0.6 is 0 Å². The molecule has 134 valence electrons. The highest BCUT2D eigenvalue weighted by Gasteiger charge is 2.42. The van der Waals surface area contributed by atoms with E-state index in [-0.39, 0.29) is 26.4 Å². The predicted molar refractivity (Wildman–Crippen MR) is 82.7 cm³/mol. The molecule has 0 unspecified atom stereocenters. The lowest BCUT2D eigenvalue weighted by molar-refractivity contribution is -0.168. The van der Waals surface area contributed by atoms with Crippen LogP contribution in [0.5, 0.6) is 0 Å². The Morgan fingerprint density at radius 1 is 1.00 bits per heavy atom. The molecule has 1 aromatic heterocycles. The highest BCUT2D eigenvalue weighted by molar-refractivity contribution is 6.00. The SMILES string of the molecule is CCOC(=O)C(C(=O)OCC)[C@@H](NCc1ccco1)C(=O)OCC. The van der Waals surface area contributed by atoms with Crippen molar-refractivity contribution in [3.63, 3.8) is 0 Å². The Labute approximate surface area is 140 Å². The zero-order chi connectivity index (χ0) is 17.9. The molecule has 0 saturated heterocycles. The van der Waals surface area contributed by atoms with Crippen LogP contribution in [0.3, 0.4) is 0 Å². The fraction of sp³-hybridized carbons (Fsp3) is 0.562. The van der Waals surface area contributed by atoms with Gasteiger partial charge in [-0.3, -0.25) is 19.7 Å². The van der Waals surface area contributed by atoms with E-state index in [9.17, 15) is 14.4 Å². The molecule has 1 heterocycles. The van der Waals surface area contributed by atoms with Crippen LogP contribution in [0.1, 0.15) is 26.5 Å². The summed E-state index contributed by atoms with van der Waals surface area (Å²) in [5.41, 5.74) is 0. The maximum atomic E-state index is 12.2. The first-order valence-corrected chi connectivity index (χ1v) is 7.80. The van der Waals surface area contributed by atoms with E-state index in [2.05, 4.69) is 5.32 Å². The molecule has 0 amide bonds. The van der Waals surface area contributed by atoms with Gasteiger partial charge in [-0.25, -0.2) is 0 Å². The van der Waals surface area contributed by atoms with Gasteiger partial charge in [0.1, 0.15) is 11.8 Å². The number of nitrogens with one attached hydrogen (secondary N) is 1. The monoisotopic (exact) mass is 341 g/mol. The molecular formula is C16H23NO7. The average Bonchev–Trinajstić information content (AvgIpc) is 3.05. The molecule has 0 aliphatic heterocycles. The lowest BCUT2D eigenvalue weighted by Gasteiger charge is -2.23. The van der Waals surface area contributed by atoms with Crippen molar-refractivity contribution in [3.05, 3.63) is 24.2 Å². The van der Waals surface area contributed by atoms with Crippen molar-refractivity contribution in [2.45, 2.75) is 33.4 Å². The van der Waals surface area contributed by atoms with Gasteiger partial charge in [-0.2, -0.15) is 0 Å². The van der Waals surface area contributed by atoms with Gasteiger partial charge in [-0.1, -0.05) is 0 Å². The summed E-state index contributed by atoms with van der Waals surface area (Å²) in [7, 11) is 0. The van der Waals surface area contributed by atoms with Crippen molar-refractivity contribution in [1.29, 1.82) is 0 Å². The first-order valence-electron chi connectivity index (χ1n) is 7.80. The third kappa shape index (κ3) is 5.69. The summed E-state index contributed by atoms with van der Waals surface area (Å²) in [6, 6.07) is 2.14. The normalized spacial score (nSPS) is 11.8. The van der Waals surface area contributed by atoms with E-state index in [1.807, 2.05) is 0 Å². The molecule has 8 heteroatoms. The molecule has 24 heavy (non-hydrogen) atoms. The summed E-state index contributed by atoms with van der Waals surface area (Å²) in [4.78, 5) is 36.6. The second-order valence-corrected chi connectivity index (χ2v) is 4.67. The van der Waals surface area contributed by atoms with Crippen molar-refractivity contribution in [2.24, 2.45) is 5.92 Å². The van der Waals surface area contributed by atoms with E-state index in [1.54, 1.807) is 32.9 Å². The zero-order valence-electron chi connectivity index (χ0n) is 14.1. The van der Waals surface area contributed by atoms with Gasteiger partial charge in [0.2, 0.25) is 0 Å². The molecule has 1 rings (SSSR count). The van der Waals surface area contributed by atoms with Crippen molar-refractivity contribution in [2.75, 3.05) is 19.8 Å². The number of hydrogen-bond donors (Lipinski definition) is 1. The van der Waals surface area contributed by atoms with E-state index in [4.69, 9.17) is 18.6 Å². The Bertz CT molecular complexity index is 509. The Morgan fingerprint density at radius 2 is 1.54 bits per heavy atom. The standard InChI is InChI=1S/C16H23NO7/c1-4-21-14(18)12(15(19)22-5-2)13(16(20)23-6-3)17-10-11-8-7-9-24-11/h7-9,12-13,17H,4-6,10H2,1-3H3/t13-/m1/s1. The Kier molecular flexibility index (Phi) is 8.56. The second-order valence-electron chi connectivity index (χ2n) is 4.67. The van der Waals surface area contributed by atoms with E-state index < -0.39 is 29.9 Å². The van der Waals surface area contributed by atoms with Crippen LogP contribution in [0.4, 0.5) is 0 Å². The maximum Gasteiger partial charge on any atom is 0.324 e. The van der Waals surface area contributed by atoms with Crippen LogP contribution in [0.2, 0.25) is 0 Å². The van der Waals surface area contributed by atoms with Gasteiger partial charge in [0.15, 0.2) is 5.92 Å². The molecular weight excluding hydrogens is 318 g/mol. The summed E-state index contributed by atoms with van der Waals surface area (Å²) in [5, 5.41) is 2.82. The minimum Gasteiger partial charge on any atom is -0.468 e. The summed E-state index contributed by atoms with van der Waals surface area (Å²) in [6.07, 6.45) is 1.48. The quantitative estimate of drug-likeness (QED) is 0.382. The highest BCUT2D eigenvalue weighted by Crippen LogP contribution is 2.13. The van der Waals surface area contributed by atoms with E-state index in [0.29, 0.717) is 5.76 Å². The Hall–Kier alpha value is -2.35. The van der Waals surface area contributed by atoms with Crippen molar-refractivity contribution < 1.29 is 33.0 Å². The van der Waals surface area contributed by atoms with Crippen LogP contribution in [0.25, 0.3) is 0 Å². The minimum absolute atomic E-state index is 0.0719. The first-order chi connectivity index (χ1) is 11.5. The van der Waals surface area contributed by atoms with Crippen molar-refractivity contribution >= 4 is 17.9 Å². The molecule has 1 aromatic rings. The Morgan fingerprint density at radius 3 is 2.00 bits per heavy atom. The fourth-order valence-electron chi connectivity index (χ4n) is 2.03. The second kappa shape index (κ2) is 10.4. The number of carbonyl (C=O) groups is 3. The molecule has 0 radical (unpaired) electrons. The average molecular weight is 341 g/mol. The molecule has 1 N–H and O–H groups in total. The fourth-order valence-corrected chi connectivity index (χ4v) is 2.03. The van der Waals surface area contributed by atoms with Gasteiger partial charge in [-0.05, 0) is 32.9 Å². The molecule has 0 fully saturated rings. The van der Waals surface area contributed by atoms with Gasteiger partial charge in [0.25, 0.3) is 0 Å². The molecule has 0 bridgehead atoms. The first kappa shape index (κ1) is 19.7. The third-order valence-electron chi connectivity index (χ3n) is 3.03. The van der Waals surface area contributed by atoms with Crippen LogP contribution in [0, 0.1) is 5.92 Å². The number of furan rings is 1. The van der Waals surface area contributed by atoms with E-state index in [0.717, 1.165) is 0 Å². The molecule has 8 nitrogen and oxygen atoms in total. The number of hydrogen-bond acceptors (Lipinski definition) is 8. The minimum atomic E-state index is -1.46. The van der Waals surface area contributed by atoms with E-state index >= 15 is 0 Å². The van der Waals surface area contributed by atoms with Crippen LogP contribution < -0.4 is 5.32 Å². The number of carbonyl (C=O) groups excluding carboxylic acids is 3. The summed E-state index contributed by atoms with van der Waals surface area (Å²) < 4.78 is 19.9. The molecule has 0 aliphatic rings. The van der Waals surface area contributed by atoms with Gasteiger partial charge >= 0.3 is 17.9 Å². The van der Waals surface area contributed by atoms with Gasteiger partial charge < -0.3 is 18.6 Å². The van der Waals surface area contributed by atoms with E-state index in [1.165, 1.54) is 6.26 Å². The van der Waals surface area contributed by atoms with Gasteiger partial charge in [0, 0.05) is 0 Å². The molecule has 0 aliphatic carbocycles. The number of ether oxygens (including phenoxy) is 3. The lowest BCUT2D eigenvalue weighted by Crippen LogP contribution is -2.50. The van der Waals surface area contributed by atoms with Crippen LogP contribution in [0.15, 0.2) is 22.8 Å². The summed E-state index contributed by atoms with van der Waals surface area (Å²) in [6.45, 7) is 5.23. The molecule has 0 aromatic carbocycles. The van der Waals surface area contributed by atoms with Crippen molar-refractivity contribution in [1.82, 2.24) is 5.32 Å². The molecule has 1 atom stereocenters.